The summed E-state index contributed by atoms with van der Waals surface area (Å²) in [5, 5.41) is 1.96. The molecule has 0 unspecified atom stereocenters. The van der Waals surface area contributed by atoms with Crippen molar-refractivity contribution >= 4 is 33.1 Å². The van der Waals surface area contributed by atoms with Crippen molar-refractivity contribution in [2.45, 2.75) is 31.7 Å². The average molecular weight is 395 g/mol. The summed E-state index contributed by atoms with van der Waals surface area (Å²) in [6, 6.07) is 9.62. The number of nitrogens with one attached hydrogen (secondary N) is 1. The Morgan fingerprint density at radius 2 is 1.85 bits per heavy atom. The molecule has 2 aromatic rings. The Morgan fingerprint density at radius 1 is 1.15 bits per heavy atom. The van der Waals surface area contributed by atoms with Crippen molar-refractivity contribution in [1.82, 2.24) is 9.62 Å². The number of sulfonamides is 1. The number of carbonyl (C=O) groups excluding carboxylic acids is 2. The Hall–Kier alpha value is -2.03. The van der Waals surface area contributed by atoms with Crippen LogP contribution in [-0.4, -0.2) is 38.1 Å². The quantitative estimate of drug-likeness (QED) is 0.663. The maximum absolute atomic E-state index is 12.3. The Morgan fingerprint density at radius 3 is 2.38 bits per heavy atom. The fourth-order valence-electron chi connectivity index (χ4n) is 2.37. The van der Waals surface area contributed by atoms with Gasteiger partial charge in [-0.2, -0.15) is 0 Å². The summed E-state index contributed by atoms with van der Waals surface area (Å²) in [7, 11) is -3.71. The lowest BCUT2D eigenvalue weighted by atomic mass is 10.2. The number of Topliss-reactive ketones (excluding diaryl/α,β-unsaturated/α-hetero) is 1. The molecule has 1 aromatic carbocycles. The molecular formula is C18H22N2O4S2. The van der Waals surface area contributed by atoms with Gasteiger partial charge in [-0.15, -0.1) is 11.3 Å². The summed E-state index contributed by atoms with van der Waals surface area (Å²) in [6.45, 7) is 4.44. The highest BCUT2D eigenvalue weighted by Gasteiger charge is 2.17. The maximum atomic E-state index is 12.3. The molecule has 8 heteroatoms. The minimum absolute atomic E-state index is 0.0244. The second-order valence-electron chi connectivity index (χ2n) is 5.72. The zero-order valence-electron chi connectivity index (χ0n) is 14.8. The highest BCUT2D eigenvalue weighted by molar-refractivity contribution is 7.89. The largest absolute Gasteiger partial charge is 0.338 e. The van der Waals surface area contributed by atoms with E-state index in [1.54, 1.807) is 16.2 Å². The number of thiophene rings is 1. The fraction of sp³-hybridized carbons (Fsp3) is 0.333. The van der Waals surface area contributed by atoms with Crippen LogP contribution in [0, 0.1) is 0 Å². The molecule has 0 fully saturated rings. The van der Waals surface area contributed by atoms with E-state index in [2.05, 4.69) is 4.72 Å². The zero-order valence-corrected chi connectivity index (χ0v) is 16.4. The van der Waals surface area contributed by atoms with Crippen LogP contribution in [0.3, 0.4) is 0 Å². The van der Waals surface area contributed by atoms with Crippen LogP contribution in [0.5, 0.6) is 0 Å². The smallest absolute Gasteiger partial charge is 0.240 e. The predicted molar refractivity (Wildman–Crippen MR) is 102 cm³/mol. The molecule has 0 atom stereocenters. The van der Waals surface area contributed by atoms with Crippen molar-refractivity contribution < 1.29 is 18.0 Å². The van der Waals surface area contributed by atoms with Crippen LogP contribution >= 0.6 is 11.3 Å². The van der Waals surface area contributed by atoms with Gasteiger partial charge in [0.1, 0.15) is 0 Å². The lowest BCUT2D eigenvalue weighted by molar-refractivity contribution is -0.131. The second kappa shape index (κ2) is 9.07. The molecule has 2 rings (SSSR count). The Balaban J connectivity index is 1.90. The van der Waals surface area contributed by atoms with Crippen LogP contribution < -0.4 is 4.72 Å². The molecule has 0 saturated carbocycles. The number of rotatable bonds is 9. The van der Waals surface area contributed by atoms with Gasteiger partial charge in [0, 0.05) is 30.0 Å². The molecule has 0 spiro atoms. The van der Waals surface area contributed by atoms with E-state index in [0.717, 1.165) is 4.88 Å². The number of hydrogen-bond donors (Lipinski definition) is 1. The van der Waals surface area contributed by atoms with E-state index in [-0.39, 0.29) is 29.6 Å². The van der Waals surface area contributed by atoms with Gasteiger partial charge in [-0.3, -0.25) is 9.59 Å². The lowest BCUT2D eigenvalue weighted by Gasteiger charge is -2.20. The molecule has 0 bridgehead atoms. The second-order valence-corrected chi connectivity index (χ2v) is 8.51. The van der Waals surface area contributed by atoms with E-state index in [0.29, 0.717) is 18.7 Å². The minimum atomic E-state index is -3.71. The zero-order chi connectivity index (χ0) is 19.2. The van der Waals surface area contributed by atoms with Gasteiger partial charge in [0.25, 0.3) is 0 Å². The number of nitrogens with zero attached hydrogens (tertiary/aromatic N) is 1. The monoisotopic (exact) mass is 394 g/mol. The van der Waals surface area contributed by atoms with Crippen molar-refractivity contribution in [1.29, 1.82) is 0 Å². The SMILES string of the molecule is CCN(Cc1cccs1)C(=O)CCNS(=O)(=O)c1ccc(C(C)=O)cc1. The summed E-state index contributed by atoms with van der Waals surface area (Å²) < 4.78 is 27.0. The first-order valence-electron chi connectivity index (χ1n) is 8.24. The van der Waals surface area contributed by atoms with Crippen molar-refractivity contribution in [2.75, 3.05) is 13.1 Å². The molecule has 0 aliphatic carbocycles. The minimum Gasteiger partial charge on any atom is -0.338 e. The third-order valence-electron chi connectivity index (χ3n) is 3.86. The van der Waals surface area contributed by atoms with E-state index in [1.807, 2.05) is 24.4 Å². The topological polar surface area (TPSA) is 83.6 Å². The molecule has 1 amide bonds. The van der Waals surface area contributed by atoms with Crippen LogP contribution in [0.15, 0.2) is 46.7 Å². The molecule has 0 aliphatic heterocycles. The molecule has 1 heterocycles. The van der Waals surface area contributed by atoms with Crippen molar-refractivity contribution in [3.63, 3.8) is 0 Å². The highest BCUT2D eigenvalue weighted by atomic mass is 32.2. The van der Waals surface area contributed by atoms with E-state index in [1.165, 1.54) is 31.2 Å². The molecule has 6 nitrogen and oxygen atoms in total. The van der Waals surface area contributed by atoms with Crippen molar-refractivity contribution in [2.24, 2.45) is 0 Å². The number of ketones is 1. The van der Waals surface area contributed by atoms with Crippen LogP contribution in [-0.2, 0) is 21.4 Å². The average Bonchev–Trinajstić information content (AvgIpc) is 3.12. The van der Waals surface area contributed by atoms with Gasteiger partial charge in [0.2, 0.25) is 15.9 Å². The van der Waals surface area contributed by atoms with Crippen LogP contribution in [0.2, 0.25) is 0 Å². The highest BCUT2D eigenvalue weighted by Crippen LogP contribution is 2.13. The molecule has 0 saturated heterocycles. The fourth-order valence-corrected chi connectivity index (χ4v) is 4.12. The molecule has 1 N–H and O–H groups in total. The summed E-state index contributed by atoms with van der Waals surface area (Å²) >= 11 is 1.58. The summed E-state index contributed by atoms with van der Waals surface area (Å²) in [5.41, 5.74) is 0.450. The van der Waals surface area contributed by atoms with Gasteiger partial charge in [0.15, 0.2) is 5.78 Å². The summed E-state index contributed by atoms with van der Waals surface area (Å²) in [4.78, 5) is 26.4. The maximum Gasteiger partial charge on any atom is 0.240 e. The van der Waals surface area contributed by atoms with E-state index in [4.69, 9.17) is 0 Å². The number of carbonyl (C=O) groups is 2. The normalized spacial score (nSPS) is 11.3. The van der Waals surface area contributed by atoms with Gasteiger partial charge in [0.05, 0.1) is 11.4 Å². The van der Waals surface area contributed by atoms with Crippen LogP contribution in [0.25, 0.3) is 0 Å². The molecule has 26 heavy (non-hydrogen) atoms. The van der Waals surface area contributed by atoms with Crippen LogP contribution in [0.4, 0.5) is 0 Å². The number of benzene rings is 1. The van der Waals surface area contributed by atoms with E-state index >= 15 is 0 Å². The first kappa shape index (κ1) is 20.3. The van der Waals surface area contributed by atoms with Crippen LogP contribution in [0.1, 0.15) is 35.5 Å². The van der Waals surface area contributed by atoms with Gasteiger partial charge < -0.3 is 4.90 Å². The van der Waals surface area contributed by atoms with E-state index < -0.39 is 10.0 Å². The first-order chi connectivity index (χ1) is 12.3. The molecule has 1 aromatic heterocycles. The number of hydrogen-bond acceptors (Lipinski definition) is 5. The third kappa shape index (κ3) is 5.48. The van der Waals surface area contributed by atoms with Gasteiger partial charge >= 0.3 is 0 Å². The Kier molecular flexibility index (Phi) is 7.07. The van der Waals surface area contributed by atoms with Gasteiger partial charge in [-0.1, -0.05) is 18.2 Å². The molecule has 0 aliphatic rings. The predicted octanol–water partition coefficient (Wildman–Crippen LogP) is 2.67. The third-order valence-corrected chi connectivity index (χ3v) is 6.20. The number of amides is 1. The summed E-state index contributed by atoms with van der Waals surface area (Å²) in [6.07, 6.45) is 0.0873. The van der Waals surface area contributed by atoms with Crippen molar-refractivity contribution in [3.8, 4) is 0 Å². The molecule has 140 valence electrons. The summed E-state index contributed by atoms with van der Waals surface area (Å²) in [5.74, 6) is -0.228. The first-order valence-corrected chi connectivity index (χ1v) is 10.6. The molecule has 0 radical (unpaired) electrons. The Labute approximate surface area is 157 Å². The Bertz CT molecular complexity index is 844. The molecular weight excluding hydrogens is 372 g/mol. The lowest BCUT2D eigenvalue weighted by Crippen LogP contribution is -2.34. The standard InChI is InChI=1S/C18H22N2O4S2/c1-3-20(13-16-5-4-12-25-16)18(22)10-11-19-26(23,24)17-8-6-15(7-9-17)14(2)21/h4-9,12,19H,3,10-11,13H2,1-2H3. The van der Waals surface area contributed by atoms with Gasteiger partial charge in [-0.25, -0.2) is 13.1 Å². The van der Waals surface area contributed by atoms with E-state index in [9.17, 15) is 18.0 Å². The van der Waals surface area contributed by atoms with Gasteiger partial charge in [-0.05, 0) is 37.4 Å². The van der Waals surface area contributed by atoms with Crippen molar-refractivity contribution in [3.05, 3.63) is 52.2 Å².